The number of hydrogen-bond acceptors (Lipinski definition) is 0. The van der Waals surface area contributed by atoms with Crippen LogP contribution in [0.25, 0.3) is 0 Å². The maximum absolute atomic E-state index is 0. The van der Waals surface area contributed by atoms with Crippen molar-refractivity contribution in [1.82, 2.24) is 0 Å². The van der Waals surface area contributed by atoms with E-state index in [-0.39, 0.29) is 42.3 Å². The monoisotopic (exact) mass is 251 g/mol. The summed E-state index contributed by atoms with van der Waals surface area (Å²) in [6.45, 7) is 0. The molecule has 0 spiro atoms. The minimum Gasteiger partial charge on any atom is -2.00 e. The Hall–Kier alpha value is 0.502. The molecule has 0 saturated heterocycles. The molecule has 0 bridgehead atoms. The largest absolute Gasteiger partial charge is 8.00 e. The van der Waals surface area contributed by atoms with E-state index in [0.29, 0.717) is 0 Å². The van der Waals surface area contributed by atoms with Crippen LogP contribution in [-0.2, 0) is 42.3 Å². The van der Waals surface area contributed by atoms with Gasteiger partial charge < -0.3 is 21.9 Å². The molecule has 0 aromatic carbocycles. The average molecular weight is 250 g/mol. The fourth-order valence-corrected chi connectivity index (χ4v) is 0. The number of hydrogen-bond donors (Lipinski definition) is 0. The SMILES string of the molecule is [O-2].[O-2].[O-2].[O-2].[Re+8]. The van der Waals surface area contributed by atoms with E-state index in [0.717, 1.165) is 0 Å². The molecule has 0 aromatic heterocycles. The molecule has 0 aliphatic heterocycles. The van der Waals surface area contributed by atoms with E-state index < -0.39 is 0 Å². The maximum Gasteiger partial charge on any atom is 8.00 e. The summed E-state index contributed by atoms with van der Waals surface area (Å²) < 4.78 is 0. The molecule has 5 heteroatoms. The zero-order valence-corrected chi connectivity index (χ0v) is 4.73. The van der Waals surface area contributed by atoms with Gasteiger partial charge in [-0.25, -0.2) is 0 Å². The van der Waals surface area contributed by atoms with Crippen molar-refractivity contribution in [2.24, 2.45) is 0 Å². The Labute approximate surface area is 43.1 Å². The van der Waals surface area contributed by atoms with Crippen molar-refractivity contribution in [2.75, 3.05) is 0 Å². The zero-order chi connectivity index (χ0) is 0. The average Bonchev–Trinajstić information content (AvgIpc) is 0. The van der Waals surface area contributed by atoms with Crippen molar-refractivity contribution in [3.8, 4) is 0 Å². The Morgan fingerprint density at radius 2 is 0.400 bits per heavy atom. The molecule has 0 radical (unpaired) electrons. The third-order valence-electron chi connectivity index (χ3n) is 0. The molecule has 5 heavy (non-hydrogen) atoms. The van der Waals surface area contributed by atoms with Gasteiger partial charge in [-0.2, -0.15) is 0 Å². The Morgan fingerprint density at radius 1 is 0.400 bits per heavy atom. The quantitative estimate of drug-likeness (QED) is 0.552. The van der Waals surface area contributed by atoms with Crippen molar-refractivity contribution >= 4 is 0 Å². The summed E-state index contributed by atoms with van der Waals surface area (Å²) in [5.41, 5.74) is 0. The van der Waals surface area contributed by atoms with Crippen molar-refractivity contribution in [3.05, 3.63) is 0 Å². The van der Waals surface area contributed by atoms with Crippen LogP contribution in [-0.4, -0.2) is 0 Å². The summed E-state index contributed by atoms with van der Waals surface area (Å²) >= 11 is 0. The van der Waals surface area contributed by atoms with Crippen LogP contribution < -0.4 is 0 Å². The van der Waals surface area contributed by atoms with Gasteiger partial charge in [0.05, 0.1) is 0 Å². The molecule has 0 amide bonds. The second-order valence-electron chi connectivity index (χ2n) is 0. The van der Waals surface area contributed by atoms with E-state index in [1.165, 1.54) is 0 Å². The molecule has 0 aliphatic rings. The van der Waals surface area contributed by atoms with E-state index in [2.05, 4.69) is 0 Å². The van der Waals surface area contributed by atoms with E-state index in [1.807, 2.05) is 0 Å². The van der Waals surface area contributed by atoms with E-state index in [9.17, 15) is 0 Å². The minimum absolute atomic E-state index is 0. The standard InChI is InChI=1S/4O.Re/q4*-2;+8. The van der Waals surface area contributed by atoms with Crippen molar-refractivity contribution in [1.29, 1.82) is 0 Å². The first-order valence-electron chi connectivity index (χ1n) is 0. The van der Waals surface area contributed by atoms with Crippen molar-refractivity contribution in [2.45, 2.75) is 0 Å². The van der Waals surface area contributed by atoms with E-state index in [1.54, 1.807) is 0 Å². The smallest absolute Gasteiger partial charge is 2.00 e. The molecule has 0 rings (SSSR count). The molecule has 31 valence electrons. The van der Waals surface area contributed by atoms with Gasteiger partial charge in [-0.15, -0.1) is 0 Å². The summed E-state index contributed by atoms with van der Waals surface area (Å²) in [4.78, 5) is 0. The van der Waals surface area contributed by atoms with Crippen LogP contribution in [0.2, 0.25) is 0 Å². The van der Waals surface area contributed by atoms with Gasteiger partial charge in [0.25, 0.3) is 0 Å². The van der Waals surface area contributed by atoms with Crippen LogP contribution in [0.4, 0.5) is 0 Å². The second kappa shape index (κ2) is 219. The molecule has 0 fully saturated rings. The zero-order valence-electron chi connectivity index (χ0n) is 2.01. The fraction of sp³-hybridized carbons (Fsp3) is 0. The van der Waals surface area contributed by atoms with Crippen LogP contribution in [0.1, 0.15) is 0 Å². The van der Waals surface area contributed by atoms with Crippen LogP contribution in [0.15, 0.2) is 0 Å². The van der Waals surface area contributed by atoms with Crippen LogP contribution in [0, 0.1) is 0 Å². The Morgan fingerprint density at radius 3 is 0.400 bits per heavy atom. The van der Waals surface area contributed by atoms with Gasteiger partial charge in [-0.05, 0) is 0 Å². The van der Waals surface area contributed by atoms with Crippen molar-refractivity contribution in [3.63, 3.8) is 0 Å². The molecule has 0 N–H and O–H groups in total. The van der Waals surface area contributed by atoms with Crippen molar-refractivity contribution < 1.29 is 42.3 Å². The Balaban J connectivity index is 0. The first-order chi connectivity index (χ1) is 0. The first-order valence-corrected chi connectivity index (χ1v) is 0. The molecular formula is O4Re. The second-order valence-corrected chi connectivity index (χ2v) is 0. The maximum atomic E-state index is 0. The Kier molecular flexibility index (Phi) is 19300. The first kappa shape index (κ1) is 442. The van der Waals surface area contributed by atoms with Crippen LogP contribution >= 0.6 is 0 Å². The normalized spacial score (nSPS) is 0. The molecule has 0 aliphatic carbocycles. The van der Waals surface area contributed by atoms with Crippen LogP contribution in [0.5, 0.6) is 0 Å². The molecule has 0 atom stereocenters. The van der Waals surface area contributed by atoms with E-state index >= 15 is 0 Å². The Bertz CT molecular complexity index is 3.61. The fourth-order valence-electron chi connectivity index (χ4n) is 0. The van der Waals surface area contributed by atoms with Gasteiger partial charge in [0.2, 0.25) is 0 Å². The molecule has 0 unspecified atom stereocenters. The minimum atomic E-state index is 0. The molecule has 0 saturated carbocycles. The predicted octanol–water partition coefficient (Wildman–Crippen LogP) is -0.478. The molecule has 0 aromatic rings. The summed E-state index contributed by atoms with van der Waals surface area (Å²) in [5, 5.41) is 0. The van der Waals surface area contributed by atoms with Crippen LogP contribution in [0.3, 0.4) is 0 Å². The molecule has 0 heterocycles. The predicted molar refractivity (Wildman–Crippen MR) is 2.75 cm³/mol. The third kappa shape index (κ3) is 112. The molecular weight excluding hydrogens is 250 g/mol. The van der Waals surface area contributed by atoms with Gasteiger partial charge >= 0.3 is 20.4 Å². The topological polar surface area (TPSA) is 114 Å². The summed E-state index contributed by atoms with van der Waals surface area (Å²) in [5.74, 6) is 0. The third-order valence-corrected chi connectivity index (χ3v) is 0. The van der Waals surface area contributed by atoms with Gasteiger partial charge in [0, 0.05) is 0 Å². The summed E-state index contributed by atoms with van der Waals surface area (Å²) in [6, 6.07) is 0. The number of rotatable bonds is 0. The van der Waals surface area contributed by atoms with Gasteiger partial charge in [0.15, 0.2) is 0 Å². The van der Waals surface area contributed by atoms with E-state index in [4.69, 9.17) is 0 Å². The van der Waals surface area contributed by atoms with Gasteiger partial charge in [-0.3, -0.25) is 0 Å². The summed E-state index contributed by atoms with van der Waals surface area (Å²) in [7, 11) is 0. The summed E-state index contributed by atoms with van der Waals surface area (Å²) in [6.07, 6.45) is 0. The van der Waals surface area contributed by atoms with Gasteiger partial charge in [0.1, 0.15) is 0 Å². The molecule has 4 nitrogen and oxygen atoms in total. The van der Waals surface area contributed by atoms with Gasteiger partial charge in [-0.1, -0.05) is 0 Å².